The van der Waals surface area contributed by atoms with E-state index in [4.69, 9.17) is 0 Å². The SMILES string of the molecule is Brc1ccc(NCCCCCN2CCCCC2)nc1. The van der Waals surface area contributed by atoms with Gasteiger partial charge in [-0.25, -0.2) is 4.98 Å². The van der Waals surface area contributed by atoms with Crippen LogP contribution in [-0.4, -0.2) is 36.1 Å². The predicted molar refractivity (Wildman–Crippen MR) is 84.6 cm³/mol. The number of anilines is 1. The highest BCUT2D eigenvalue weighted by Crippen LogP contribution is 2.11. The summed E-state index contributed by atoms with van der Waals surface area (Å²) >= 11 is 3.39. The van der Waals surface area contributed by atoms with E-state index in [9.17, 15) is 0 Å². The molecule has 106 valence electrons. The van der Waals surface area contributed by atoms with Crippen LogP contribution in [0.2, 0.25) is 0 Å². The van der Waals surface area contributed by atoms with E-state index < -0.39 is 0 Å². The Bertz CT molecular complexity index is 347. The minimum absolute atomic E-state index is 0.972. The Kier molecular flexibility index (Phi) is 6.65. The molecule has 1 fully saturated rings. The lowest BCUT2D eigenvalue weighted by atomic mass is 10.1. The number of likely N-dealkylation sites (tertiary alicyclic amines) is 1. The summed E-state index contributed by atoms with van der Waals surface area (Å²) in [5, 5.41) is 3.36. The van der Waals surface area contributed by atoms with Crippen molar-refractivity contribution >= 4 is 21.7 Å². The van der Waals surface area contributed by atoms with Gasteiger partial charge in [0.25, 0.3) is 0 Å². The van der Waals surface area contributed by atoms with Crippen molar-refractivity contribution in [3.05, 3.63) is 22.8 Å². The Morgan fingerprint density at radius 3 is 2.68 bits per heavy atom. The van der Waals surface area contributed by atoms with Crippen LogP contribution in [-0.2, 0) is 0 Å². The minimum Gasteiger partial charge on any atom is -0.370 e. The van der Waals surface area contributed by atoms with Crippen molar-refractivity contribution < 1.29 is 0 Å². The third-order valence-electron chi connectivity index (χ3n) is 3.63. The van der Waals surface area contributed by atoms with Gasteiger partial charge in [-0.1, -0.05) is 12.8 Å². The van der Waals surface area contributed by atoms with Crippen LogP contribution in [0.3, 0.4) is 0 Å². The summed E-state index contributed by atoms with van der Waals surface area (Å²) in [7, 11) is 0. The molecule has 2 heterocycles. The molecule has 4 heteroatoms. The van der Waals surface area contributed by atoms with Crippen molar-refractivity contribution in [1.82, 2.24) is 9.88 Å². The van der Waals surface area contributed by atoms with Crippen LogP contribution in [0.4, 0.5) is 5.82 Å². The van der Waals surface area contributed by atoms with Crippen molar-refractivity contribution in [3.63, 3.8) is 0 Å². The number of hydrogen-bond donors (Lipinski definition) is 1. The summed E-state index contributed by atoms with van der Waals surface area (Å²) < 4.78 is 1.03. The molecule has 3 nitrogen and oxygen atoms in total. The molecular formula is C15H24BrN3. The molecule has 1 aliphatic heterocycles. The lowest BCUT2D eigenvalue weighted by Gasteiger charge is -2.26. The van der Waals surface area contributed by atoms with E-state index in [0.717, 1.165) is 16.8 Å². The summed E-state index contributed by atoms with van der Waals surface area (Å²) in [5.41, 5.74) is 0. The van der Waals surface area contributed by atoms with E-state index in [0.29, 0.717) is 0 Å². The number of pyridine rings is 1. The van der Waals surface area contributed by atoms with Crippen LogP contribution >= 0.6 is 15.9 Å². The van der Waals surface area contributed by atoms with E-state index in [1.807, 2.05) is 18.3 Å². The monoisotopic (exact) mass is 325 g/mol. The second-order valence-corrected chi connectivity index (χ2v) is 6.17. The molecule has 0 unspecified atom stereocenters. The molecule has 0 bridgehead atoms. The van der Waals surface area contributed by atoms with Crippen LogP contribution in [0, 0.1) is 0 Å². The summed E-state index contributed by atoms with van der Waals surface area (Å²) in [6.45, 7) is 4.95. The maximum absolute atomic E-state index is 4.30. The highest BCUT2D eigenvalue weighted by molar-refractivity contribution is 9.10. The summed E-state index contributed by atoms with van der Waals surface area (Å²) in [4.78, 5) is 6.92. The number of unbranched alkanes of at least 4 members (excludes halogenated alkanes) is 2. The van der Waals surface area contributed by atoms with Gasteiger partial charge in [0.2, 0.25) is 0 Å². The van der Waals surface area contributed by atoms with Gasteiger partial charge < -0.3 is 10.2 Å². The normalized spacial score (nSPS) is 16.5. The first-order valence-corrected chi connectivity index (χ1v) is 8.22. The maximum atomic E-state index is 4.30. The minimum atomic E-state index is 0.972. The molecule has 0 radical (unpaired) electrons. The number of piperidine rings is 1. The van der Waals surface area contributed by atoms with Gasteiger partial charge in [0.1, 0.15) is 5.82 Å². The van der Waals surface area contributed by atoms with Crippen molar-refractivity contribution in [2.45, 2.75) is 38.5 Å². The molecule has 0 saturated carbocycles. The third-order valence-corrected chi connectivity index (χ3v) is 4.10. The number of nitrogens with zero attached hydrogens (tertiary/aromatic N) is 2. The number of hydrogen-bond acceptors (Lipinski definition) is 3. The van der Waals surface area contributed by atoms with Crippen molar-refractivity contribution in [1.29, 1.82) is 0 Å². The van der Waals surface area contributed by atoms with Crippen LogP contribution in [0.5, 0.6) is 0 Å². The number of nitrogens with one attached hydrogen (secondary N) is 1. The molecule has 0 aliphatic carbocycles. The average Bonchev–Trinajstić information content (AvgIpc) is 2.46. The number of halogens is 1. The standard InChI is InChI=1S/C15H24BrN3/c16-14-7-8-15(18-13-14)17-9-3-1-4-10-19-11-5-2-6-12-19/h7-8,13H,1-6,9-12H2,(H,17,18). The van der Waals surface area contributed by atoms with Gasteiger partial charge in [0, 0.05) is 17.2 Å². The molecule has 1 aromatic heterocycles. The summed E-state index contributed by atoms with van der Waals surface area (Å²) in [6, 6.07) is 4.03. The van der Waals surface area contributed by atoms with Crippen LogP contribution in [0.15, 0.2) is 22.8 Å². The van der Waals surface area contributed by atoms with Gasteiger partial charge in [-0.15, -0.1) is 0 Å². The highest BCUT2D eigenvalue weighted by atomic mass is 79.9. The summed E-state index contributed by atoms with van der Waals surface area (Å²) in [6.07, 6.45) is 9.92. The number of aromatic nitrogens is 1. The van der Waals surface area contributed by atoms with Crippen LogP contribution in [0.25, 0.3) is 0 Å². The molecule has 2 rings (SSSR count). The van der Waals surface area contributed by atoms with Gasteiger partial charge in [-0.05, 0) is 73.4 Å². The fourth-order valence-corrected chi connectivity index (χ4v) is 2.75. The van der Waals surface area contributed by atoms with E-state index >= 15 is 0 Å². The lowest BCUT2D eigenvalue weighted by molar-refractivity contribution is 0.224. The van der Waals surface area contributed by atoms with E-state index in [-0.39, 0.29) is 0 Å². The second kappa shape index (κ2) is 8.54. The molecule has 0 spiro atoms. The van der Waals surface area contributed by atoms with Gasteiger partial charge in [0.05, 0.1) is 0 Å². The molecule has 1 saturated heterocycles. The van der Waals surface area contributed by atoms with Gasteiger partial charge in [-0.3, -0.25) is 0 Å². The molecule has 0 aromatic carbocycles. The Balaban J connectivity index is 1.49. The molecular weight excluding hydrogens is 302 g/mol. The van der Waals surface area contributed by atoms with Crippen LogP contribution < -0.4 is 5.32 Å². The van der Waals surface area contributed by atoms with Crippen molar-refractivity contribution in [3.8, 4) is 0 Å². The zero-order valence-electron chi connectivity index (χ0n) is 11.6. The largest absolute Gasteiger partial charge is 0.370 e. The zero-order chi connectivity index (χ0) is 13.3. The first kappa shape index (κ1) is 14.8. The number of rotatable bonds is 7. The fourth-order valence-electron chi connectivity index (χ4n) is 2.52. The van der Waals surface area contributed by atoms with Gasteiger partial charge in [0.15, 0.2) is 0 Å². The Morgan fingerprint density at radius 1 is 1.11 bits per heavy atom. The Morgan fingerprint density at radius 2 is 1.95 bits per heavy atom. The molecule has 1 N–H and O–H groups in total. The Hall–Kier alpha value is -0.610. The van der Waals surface area contributed by atoms with E-state index in [1.165, 1.54) is 58.2 Å². The van der Waals surface area contributed by atoms with Crippen molar-refractivity contribution in [2.75, 3.05) is 31.5 Å². The molecule has 1 aromatic rings. The first-order valence-electron chi connectivity index (χ1n) is 7.42. The third kappa shape index (κ3) is 5.91. The molecule has 0 amide bonds. The second-order valence-electron chi connectivity index (χ2n) is 5.25. The smallest absolute Gasteiger partial charge is 0.125 e. The summed E-state index contributed by atoms with van der Waals surface area (Å²) in [5.74, 6) is 0.972. The van der Waals surface area contributed by atoms with Crippen molar-refractivity contribution in [2.24, 2.45) is 0 Å². The topological polar surface area (TPSA) is 28.2 Å². The van der Waals surface area contributed by atoms with Gasteiger partial charge >= 0.3 is 0 Å². The average molecular weight is 326 g/mol. The quantitative estimate of drug-likeness (QED) is 0.770. The fraction of sp³-hybridized carbons (Fsp3) is 0.667. The Labute approximate surface area is 124 Å². The van der Waals surface area contributed by atoms with Crippen LogP contribution in [0.1, 0.15) is 38.5 Å². The van der Waals surface area contributed by atoms with Gasteiger partial charge in [-0.2, -0.15) is 0 Å². The van der Waals surface area contributed by atoms with E-state index in [2.05, 4.69) is 31.1 Å². The van der Waals surface area contributed by atoms with E-state index in [1.54, 1.807) is 0 Å². The molecule has 19 heavy (non-hydrogen) atoms. The molecule has 0 atom stereocenters. The maximum Gasteiger partial charge on any atom is 0.125 e. The predicted octanol–water partition coefficient (Wildman–Crippen LogP) is 3.91. The lowest BCUT2D eigenvalue weighted by Crippen LogP contribution is -2.30. The first-order chi connectivity index (χ1) is 9.34. The zero-order valence-corrected chi connectivity index (χ0v) is 13.2. The molecule has 1 aliphatic rings. The highest BCUT2D eigenvalue weighted by Gasteiger charge is 2.08.